The number of ketones is 1. The molecule has 0 radical (unpaired) electrons. The predicted octanol–water partition coefficient (Wildman–Crippen LogP) is 5.78. The molecule has 0 aromatic heterocycles. The molecule has 7 rings (SSSR count). The van der Waals surface area contributed by atoms with Gasteiger partial charge in [-0.25, -0.2) is 0 Å². The van der Waals surface area contributed by atoms with Gasteiger partial charge in [0.2, 0.25) is 0 Å². The van der Waals surface area contributed by atoms with Crippen LogP contribution in [-0.4, -0.2) is 144 Å². The Morgan fingerprint density at radius 1 is 0.855 bits per heavy atom. The van der Waals surface area contributed by atoms with E-state index in [1.807, 2.05) is 45.0 Å². The number of para-hydroxylation sites is 2. The van der Waals surface area contributed by atoms with E-state index in [0.29, 0.717) is 49.5 Å². The largest absolute Gasteiger partial charge is 0.495 e. The Kier molecular flexibility index (Phi) is 15.8. The molecule has 348 valence electrons. The Morgan fingerprint density at radius 3 is 2.26 bits per heavy atom. The van der Waals surface area contributed by atoms with Gasteiger partial charge in [0.25, 0.3) is 0 Å². The highest BCUT2D eigenvalue weighted by molar-refractivity contribution is 5.99. The van der Waals surface area contributed by atoms with Crippen LogP contribution in [0.5, 0.6) is 5.75 Å². The average Bonchev–Trinajstić information content (AvgIpc) is 3.85. The number of cyclic esters (lactones) is 1. The third-order valence-electron chi connectivity index (χ3n) is 15.3. The zero-order valence-electron chi connectivity index (χ0n) is 38.6. The number of anilines is 1. The number of benzene rings is 1. The molecule has 3 heterocycles. The molecule has 0 amide bonds. The number of esters is 1. The van der Waals surface area contributed by atoms with Gasteiger partial charge in [0.05, 0.1) is 55.8 Å². The highest BCUT2D eigenvalue weighted by Gasteiger charge is 2.60. The van der Waals surface area contributed by atoms with Crippen LogP contribution < -0.4 is 10.1 Å². The quantitative estimate of drug-likeness (QED) is 0.244. The lowest BCUT2D eigenvalue weighted by Crippen LogP contribution is -2.59. The molecule has 62 heavy (non-hydrogen) atoms. The summed E-state index contributed by atoms with van der Waals surface area (Å²) in [5, 5.41) is 16.4. The molecule has 2 N–H and O–H groups in total. The Bertz CT molecular complexity index is 1690. The number of allylic oxidation sites excluding steroid dienone is 2. The van der Waals surface area contributed by atoms with Crippen LogP contribution in [0.1, 0.15) is 85.5 Å². The minimum absolute atomic E-state index is 0.0154. The number of fused-ring (bicyclic) bond motifs is 5. The van der Waals surface area contributed by atoms with Crippen molar-refractivity contribution in [3.8, 4) is 5.75 Å². The number of methoxy groups -OCH3 is 4. The number of rotatable bonds is 12. The number of carbonyl (C=O) groups is 2. The fourth-order valence-corrected chi connectivity index (χ4v) is 12.1. The van der Waals surface area contributed by atoms with Crippen LogP contribution in [0.3, 0.4) is 0 Å². The molecule has 5 fully saturated rings. The van der Waals surface area contributed by atoms with Gasteiger partial charge in [-0.3, -0.25) is 9.59 Å². The molecule has 3 unspecified atom stereocenters. The SMILES string of the molecule is CC[C@H]1CCC[C@H](O[C@H]2CC[C@H](N(C)C)C(C)O2)[C@@H](C)C(=O)C2=C[C@H]3[C@@H]4C[C@H](O[C@@H]5OC(C)[C@H](OC)[C@@H](OC)C5OC)C[C@H]4[C@@H](O)[C@H](Nc4ccccc4OC)[C@H]3[C@@H]2CC(=O)O1. The first kappa shape index (κ1) is 47.3. The molecule has 0 bridgehead atoms. The van der Waals surface area contributed by atoms with Gasteiger partial charge in [-0.1, -0.05) is 32.1 Å². The minimum atomic E-state index is -0.845. The van der Waals surface area contributed by atoms with Crippen LogP contribution in [0.2, 0.25) is 0 Å². The van der Waals surface area contributed by atoms with E-state index in [0.717, 1.165) is 24.9 Å². The topological polar surface area (TPSA) is 153 Å². The minimum Gasteiger partial charge on any atom is -0.495 e. The van der Waals surface area contributed by atoms with E-state index in [9.17, 15) is 9.90 Å². The number of hydrogen-bond donors (Lipinski definition) is 2. The molecule has 14 nitrogen and oxygen atoms in total. The predicted molar refractivity (Wildman–Crippen MR) is 232 cm³/mol. The molecule has 3 aliphatic heterocycles. The van der Waals surface area contributed by atoms with Crippen molar-refractivity contribution in [3.05, 3.63) is 35.9 Å². The van der Waals surface area contributed by atoms with Crippen molar-refractivity contribution in [1.82, 2.24) is 4.90 Å². The third-order valence-corrected chi connectivity index (χ3v) is 15.3. The molecule has 1 aromatic rings. The fourth-order valence-electron chi connectivity index (χ4n) is 12.1. The van der Waals surface area contributed by atoms with Gasteiger partial charge >= 0.3 is 5.97 Å². The highest BCUT2D eigenvalue weighted by Crippen LogP contribution is 2.58. The highest BCUT2D eigenvalue weighted by atomic mass is 16.7. The van der Waals surface area contributed by atoms with Crippen molar-refractivity contribution >= 4 is 17.4 Å². The summed E-state index contributed by atoms with van der Waals surface area (Å²) < 4.78 is 56.0. The Labute approximate surface area is 368 Å². The first-order valence-electron chi connectivity index (χ1n) is 23.2. The number of aliphatic hydroxyl groups is 1. The van der Waals surface area contributed by atoms with Crippen LogP contribution in [-0.2, 0) is 47.5 Å². The number of Topliss-reactive ketones (excluding diaryl/α,β-unsaturated/α-hetero) is 1. The maximum atomic E-state index is 15.2. The molecule has 2 saturated carbocycles. The molecule has 1 aromatic carbocycles. The van der Waals surface area contributed by atoms with E-state index in [1.54, 1.807) is 28.4 Å². The summed E-state index contributed by atoms with van der Waals surface area (Å²) in [7, 11) is 10.7. The maximum Gasteiger partial charge on any atom is 0.306 e. The lowest BCUT2D eigenvalue weighted by Gasteiger charge is -2.48. The summed E-state index contributed by atoms with van der Waals surface area (Å²) in [5.74, 6) is -1.42. The smallest absolute Gasteiger partial charge is 0.306 e. The van der Waals surface area contributed by atoms with E-state index in [1.165, 1.54) is 0 Å². The van der Waals surface area contributed by atoms with E-state index < -0.39 is 54.9 Å². The molecule has 14 heteroatoms. The van der Waals surface area contributed by atoms with Crippen LogP contribution in [0.4, 0.5) is 5.69 Å². The molecular formula is C48H74N2O12. The van der Waals surface area contributed by atoms with Gasteiger partial charge in [-0.15, -0.1) is 0 Å². The Hall–Kier alpha value is -2.66. The first-order valence-corrected chi connectivity index (χ1v) is 23.2. The number of nitrogens with one attached hydrogen (secondary N) is 1. The number of aliphatic hydroxyl groups excluding tert-OH is 1. The zero-order chi connectivity index (χ0) is 44.4. The van der Waals surface area contributed by atoms with Crippen LogP contribution in [0.15, 0.2) is 35.9 Å². The Balaban J connectivity index is 1.22. The second-order valence-electron chi connectivity index (χ2n) is 19.0. The van der Waals surface area contributed by atoms with Gasteiger partial charge in [-0.2, -0.15) is 0 Å². The third kappa shape index (κ3) is 9.65. The summed E-state index contributed by atoms with van der Waals surface area (Å²) >= 11 is 0. The number of nitrogens with zero attached hydrogens (tertiary/aromatic N) is 1. The van der Waals surface area contributed by atoms with Crippen molar-refractivity contribution in [2.45, 2.75) is 165 Å². The lowest BCUT2D eigenvalue weighted by molar-refractivity contribution is -0.314. The molecule has 19 atom stereocenters. The van der Waals surface area contributed by atoms with Crippen molar-refractivity contribution < 1.29 is 57.3 Å². The van der Waals surface area contributed by atoms with Crippen molar-refractivity contribution in [3.63, 3.8) is 0 Å². The second kappa shape index (κ2) is 20.7. The summed E-state index contributed by atoms with van der Waals surface area (Å²) in [6.07, 6.45) is 3.24. The van der Waals surface area contributed by atoms with Gasteiger partial charge in [0.15, 0.2) is 18.4 Å². The molecular weight excluding hydrogens is 797 g/mol. The standard InChI is InChI=1S/C48H74N2O12/c1-11-28-15-14-18-37(62-40-20-19-36(50(5)6)26(3)58-40)25(2)43(52)34-23-31-30-21-29(61-48-47(57-10)46(56-9)45(55-8)27(4)59-48)22-33(30)44(53)42(41(31)32(34)24-39(51)60-28)49-35-16-12-13-17-38(35)54-7/h12-13,16-17,23,25-33,36-37,40-42,44-49,53H,11,14-15,18-22,24H2,1-10H3/t25-,26?,27?,28+,29+,30+,31+,32-,33-,36+,37+,40+,41-,42-,44-,45+,46-,47?,48+/m1/s1. The maximum absolute atomic E-state index is 15.2. The zero-order valence-corrected chi connectivity index (χ0v) is 38.6. The fraction of sp³-hybridized carbons (Fsp3) is 0.792. The summed E-state index contributed by atoms with van der Waals surface area (Å²) in [6, 6.07) is 7.42. The Morgan fingerprint density at radius 2 is 1.58 bits per heavy atom. The van der Waals surface area contributed by atoms with Gasteiger partial charge in [0, 0.05) is 39.2 Å². The normalized spacial score (nSPS) is 42.8. The molecule has 0 spiro atoms. The van der Waals surface area contributed by atoms with E-state index in [2.05, 4.69) is 37.3 Å². The summed E-state index contributed by atoms with van der Waals surface area (Å²) in [4.78, 5) is 31.5. The summed E-state index contributed by atoms with van der Waals surface area (Å²) in [6.45, 7) is 8.05. The lowest BCUT2D eigenvalue weighted by atomic mass is 9.62. The van der Waals surface area contributed by atoms with Crippen molar-refractivity contribution in [2.24, 2.45) is 35.5 Å². The van der Waals surface area contributed by atoms with Gasteiger partial charge < -0.3 is 58.0 Å². The van der Waals surface area contributed by atoms with Crippen LogP contribution in [0.25, 0.3) is 0 Å². The van der Waals surface area contributed by atoms with E-state index in [4.69, 9.17) is 42.6 Å². The van der Waals surface area contributed by atoms with Gasteiger partial charge in [-0.05, 0) is 121 Å². The first-order chi connectivity index (χ1) is 29.8. The van der Waals surface area contributed by atoms with Crippen LogP contribution >= 0.6 is 0 Å². The number of hydrogen-bond acceptors (Lipinski definition) is 14. The van der Waals surface area contributed by atoms with Crippen molar-refractivity contribution in [1.29, 1.82) is 0 Å². The van der Waals surface area contributed by atoms with Gasteiger partial charge in [0.1, 0.15) is 30.2 Å². The second-order valence-corrected chi connectivity index (χ2v) is 19.0. The van der Waals surface area contributed by atoms with Crippen molar-refractivity contribution in [2.75, 3.05) is 47.9 Å². The number of ether oxygens (including phenoxy) is 9. The number of carbonyl (C=O) groups excluding carboxylic acids is 2. The number of likely N-dealkylation sites (N-methyl/N-ethyl adjacent to an activating group) is 1. The van der Waals surface area contributed by atoms with E-state index >= 15 is 4.79 Å². The van der Waals surface area contributed by atoms with E-state index in [-0.39, 0.29) is 72.4 Å². The van der Waals surface area contributed by atoms with Crippen LogP contribution in [0, 0.1) is 35.5 Å². The average molecular weight is 871 g/mol. The molecule has 3 saturated heterocycles. The molecule has 3 aliphatic carbocycles. The molecule has 6 aliphatic rings. The monoisotopic (exact) mass is 871 g/mol. The summed E-state index contributed by atoms with van der Waals surface area (Å²) in [5.41, 5.74) is 1.35.